The van der Waals surface area contributed by atoms with E-state index in [0.29, 0.717) is 0 Å². The van der Waals surface area contributed by atoms with E-state index in [1.165, 1.54) is 0 Å². The van der Waals surface area contributed by atoms with Crippen LogP contribution in [0.15, 0.2) is 12.1 Å². The second-order valence-electron chi connectivity index (χ2n) is 4.03. The molecule has 0 aliphatic rings. The molecule has 0 fully saturated rings. The second-order valence-corrected chi connectivity index (χ2v) is 4.03. The average Bonchev–Trinajstić information content (AvgIpc) is 2.30. The lowest BCUT2D eigenvalue weighted by atomic mass is 10.2. The van der Waals surface area contributed by atoms with Gasteiger partial charge in [-0.2, -0.15) is 13.2 Å². The summed E-state index contributed by atoms with van der Waals surface area (Å²) in [6.45, 7) is -0.275. The number of halogens is 4. The van der Waals surface area contributed by atoms with Crippen LogP contribution in [-0.4, -0.2) is 37.6 Å². The number of aliphatic hydroxyl groups excluding tert-OH is 1. The summed E-state index contributed by atoms with van der Waals surface area (Å²) in [5.41, 5.74) is 5.37. The van der Waals surface area contributed by atoms with Crippen molar-refractivity contribution < 1.29 is 27.4 Å². The Kier molecular flexibility index (Phi) is 5.43. The van der Waals surface area contributed by atoms with E-state index in [-0.39, 0.29) is 30.3 Å². The quantitative estimate of drug-likeness (QED) is 0.624. The highest BCUT2D eigenvalue weighted by Crippen LogP contribution is 2.32. The number of ether oxygens (including phenoxy) is 1. The summed E-state index contributed by atoms with van der Waals surface area (Å²) < 4.78 is 56.0. The predicted molar refractivity (Wildman–Crippen MR) is 67.3 cm³/mol. The van der Waals surface area contributed by atoms with Crippen LogP contribution in [0.5, 0.6) is 5.75 Å². The van der Waals surface area contributed by atoms with Gasteiger partial charge in [0.2, 0.25) is 0 Å². The molecular weight excluding hydrogens is 280 g/mol. The van der Waals surface area contributed by atoms with Crippen LogP contribution < -0.4 is 15.4 Å². The van der Waals surface area contributed by atoms with Crippen molar-refractivity contribution in [1.29, 1.82) is 0 Å². The van der Waals surface area contributed by atoms with Crippen LogP contribution in [0.1, 0.15) is 6.92 Å². The van der Waals surface area contributed by atoms with E-state index in [0.717, 1.165) is 17.0 Å². The molecule has 0 aliphatic heterocycles. The Morgan fingerprint density at radius 2 is 2.00 bits per heavy atom. The monoisotopic (exact) mass is 296 g/mol. The molecule has 4 nitrogen and oxygen atoms in total. The van der Waals surface area contributed by atoms with Crippen LogP contribution in [-0.2, 0) is 0 Å². The fourth-order valence-corrected chi connectivity index (χ4v) is 1.72. The van der Waals surface area contributed by atoms with Crippen molar-refractivity contribution in [1.82, 2.24) is 0 Å². The molecule has 1 rings (SSSR count). The Morgan fingerprint density at radius 3 is 2.50 bits per heavy atom. The largest absolute Gasteiger partial charge is 0.491 e. The lowest BCUT2D eigenvalue weighted by Gasteiger charge is -2.27. The topological polar surface area (TPSA) is 58.7 Å². The van der Waals surface area contributed by atoms with E-state index in [2.05, 4.69) is 0 Å². The fraction of sp³-hybridized carbons (Fsp3) is 0.500. The first kappa shape index (κ1) is 16.4. The van der Waals surface area contributed by atoms with E-state index in [9.17, 15) is 17.6 Å². The number of rotatable bonds is 6. The second kappa shape index (κ2) is 6.65. The number of nitrogens with two attached hydrogens (primary N) is 1. The molecule has 0 unspecified atom stereocenters. The molecule has 0 spiro atoms. The lowest BCUT2D eigenvalue weighted by molar-refractivity contribution is -0.119. The van der Waals surface area contributed by atoms with E-state index in [1.54, 1.807) is 6.92 Å². The van der Waals surface area contributed by atoms with Gasteiger partial charge in [-0.15, -0.1) is 0 Å². The van der Waals surface area contributed by atoms with Crippen molar-refractivity contribution in [2.75, 3.05) is 36.9 Å². The maximum atomic E-state index is 13.5. The molecule has 0 amide bonds. The lowest BCUT2D eigenvalue weighted by Crippen LogP contribution is -2.36. The molecule has 8 heteroatoms. The van der Waals surface area contributed by atoms with Crippen LogP contribution in [0.25, 0.3) is 0 Å². The minimum absolute atomic E-state index is 0.0266. The van der Waals surface area contributed by atoms with Crippen molar-refractivity contribution in [3.63, 3.8) is 0 Å². The summed E-state index contributed by atoms with van der Waals surface area (Å²) in [6.07, 6.45) is -4.47. The van der Waals surface area contributed by atoms with Gasteiger partial charge < -0.3 is 20.5 Å². The highest BCUT2D eigenvalue weighted by atomic mass is 19.4. The van der Waals surface area contributed by atoms with Gasteiger partial charge in [0.05, 0.1) is 24.6 Å². The van der Waals surface area contributed by atoms with Gasteiger partial charge in [-0.3, -0.25) is 0 Å². The minimum atomic E-state index is -4.47. The van der Waals surface area contributed by atoms with Gasteiger partial charge in [-0.05, 0) is 6.92 Å². The first-order valence-corrected chi connectivity index (χ1v) is 5.93. The van der Waals surface area contributed by atoms with E-state index in [1.807, 2.05) is 0 Å². The molecule has 114 valence electrons. The van der Waals surface area contributed by atoms with E-state index < -0.39 is 25.1 Å². The van der Waals surface area contributed by atoms with Gasteiger partial charge in [0.15, 0.2) is 11.6 Å². The van der Waals surface area contributed by atoms with Gasteiger partial charge in [-0.25, -0.2) is 4.39 Å². The third kappa shape index (κ3) is 4.44. The number of benzene rings is 1. The van der Waals surface area contributed by atoms with Gasteiger partial charge >= 0.3 is 6.18 Å². The third-order valence-corrected chi connectivity index (χ3v) is 2.46. The molecule has 0 aromatic heterocycles. The maximum Gasteiger partial charge on any atom is 0.405 e. The molecule has 0 radical (unpaired) electrons. The summed E-state index contributed by atoms with van der Waals surface area (Å²) in [7, 11) is 0. The van der Waals surface area contributed by atoms with Crippen molar-refractivity contribution >= 4 is 11.4 Å². The summed E-state index contributed by atoms with van der Waals surface area (Å²) in [6, 6.07) is 2.01. The molecule has 20 heavy (non-hydrogen) atoms. The van der Waals surface area contributed by atoms with Crippen molar-refractivity contribution in [2.24, 2.45) is 0 Å². The van der Waals surface area contributed by atoms with Crippen LogP contribution >= 0.6 is 0 Å². The average molecular weight is 296 g/mol. The molecule has 0 atom stereocenters. The maximum absolute atomic E-state index is 13.5. The Labute approximate surface area is 113 Å². The molecule has 0 bridgehead atoms. The van der Waals surface area contributed by atoms with E-state index >= 15 is 0 Å². The molecular formula is C12H16F4N2O2. The van der Waals surface area contributed by atoms with Crippen LogP contribution in [0.4, 0.5) is 28.9 Å². The first-order chi connectivity index (χ1) is 9.28. The zero-order valence-electron chi connectivity index (χ0n) is 10.9. The summed E-state index contributed by atoms with van der Waals surface area (Å²) in [5, 5.41) is 8.86. The highest BCUT2D eigenvalue weighted by molar-refractivity contribution is 5.70. The smallest absolute Gasteiger partial charge is 0.405 e. The number of nitrogen functional groups attached to an aromatic ring is 1. The molecule has 1 aromatic rings. The predicted octanol–water partition coefficient (Wildman–Crippen LogP) is 2.17. The Bertz CT molecular complexity index is 452. The van der Waals surface area contributed by atoms with Gasteiger partial charge in [0.25, 0.3) is 0 Å². The van der Waals surface area contributed by atoms with Crippen LogP contribution in [0.2, 0.25) is 0 Å². The summed E-state index contributed by atoms with van der Waals surface area (Å²) in [5.74, 6) is -0.925. The standard InChI is InChI=1S/C12H16F4N2O2/c1-2-20-11-6-10(9(17)5-8(11)13)18(3-4-19)7-12(14,15)16/h5-6,19H,2-4,7,17H2,1H3. The van der Waals surface area contributed by atoms with Crippen molar-refractivity contribution in [3.05, 3.63) is 17.9 Å². The van der Waals surface area contributed by atoms with Gasteiger partial charge in [-0.1, -0.05) is 0 Å². The summed E-state index contributed by atoms with van der Waals surface area (Å²) >= 11 is 0. The molecule has 0 heterocycles. The van der Waals surface area contributed by atoms with Crippen molar-refractivity contribution in [2.45, 2.75) is 13.1 Å². The normalized spacial score (nSPS) is 11.5. The van der Waals surface area contributed by atoms with Crippen LogP contribution in [0, 0.1) is 5.82 Å². The number of anilines is 2. The van der Waals surface area contributed by atoms with Gasteiger partial charge in [0, 0.05) is 18.7 Å². The van der Waals surface area contributed by atoms with Crippen LogP contribution in [0.3, 0.4) is 0 Å². The molecule has 3 N–H and O–H groups in total. The van der Waals surface area contributed by atoms with Gasteiger partial charge in [0.1, 0.15) is 6.54 Å². The zero-order valence-corrected chi connectivity index (χ0v) is 10.9. The Morgan fingerprint density at radius 1 is 1.35 bits per heavy atom. The minimum Gasteiger partial charge on any atom is -0.491 e. The SMILES string of the molecule is CCOc1cc(N(CCO)CC(F)(F)F)c(N)cc1F. The molecule has 1 aromatic carbocycles. The number of alkyl halides is 3. The third-order valence-electron chi connectivity index (χ3n) is 2.46. The Balaban J connectivity index is 3.14. The number of aliphatic hydroxyl groups is 1. The van der Waals surface area contributed by atoms with E-state index in [4.69, 9.17) is 15.6 Å². The zero-order chi connectivity index (χ0) is 15.3. The highest BCUT2D eigenvalue weighted by Gasteiger charge is 2.31. The summed E-state index contributed by atoms with van der Waals surface area (Å²) in [4.78, 5) is 0.831. The molecule has 0 saturated carbocycles. The molecule has 0 saturated heterocycles. The first-order valence-electron chi connectivity index (χ1n) is 5.93. The number of nitrogens with zero attached hydrogens (tertiary/aromatic N) is 1. The number of hydrogen-bond donors (Lipinski definition) is 2. The Hall–Kier alpha value is -1.70. The fourth-order valence-electron chi connectivity index (χ4n) is 1.72. The van der Waals surface area contributed by atoms with Crippen molar-refractivity contribution in [3.8, 4) is 5.75 Å². The number of hydrogen-bond acceptors (Lipinski definition) is 4. The molecule has 0 aliphatic carbocycles.